The molecule has 0 bridgehead atoms. The van der Waals surface area contributed by atoms with Gasteiger partial charge in [-0.1, -0.05) is 58.4 Å². The number of amides is 2. The lowest BCUT2D eigenvalue weighted by Gasteiger charge is -2.35. The summed E-state index contributed by atoms with van der Waals surface area (Å²) in [6, 6.07) is 20.8. The first-order chi connectivity index (χ1) is 20.4. The molecule has 230 valence electrons. The molecule has 1 atom stereocenters. The quantitative estimate of drug-likeness (QED) is 0.310. The van der Waals surface area contributed by atoms with Gasteiger partial charge < -0.3 is 19.7 Å². The molecule has 1 N–H and O–H groups in total. The van der Waals surface area contributed by atoms with E-state index in [9.17, 15) is 18.0 Å². The van der Waals surface area contributed by atoms with E-state index in [1.165, 1.54) is 11.8 Å². The molecule has 0 spiro atoms. The Bertz CT molecular complexity index is 1520. The van der Waals surface area contributed by atoms with Gasteiger partial charge in [0.2, 0.25) is 21.8 Å². The van der Waals surface area contributed by atoms with Crippen molar-refractivity contribution in [3.63, 3.8) is 0 Å². The van der Waals surface area contributed by atoms with Crippen LogP contribution in [0.3, 0.4) is 0 Å². The number of nitrogens with one attached hydrogen (secondary N) is 1. The number of carbonyl (C=O) groups is 2. The minimum absolute atomic E-state index is 0.0995. The molecule has 3 aromatic rings. The topological polar surface area (TPSA) is 105 Å². The zero-order valence-electron chi connectivity index (χ0n) is 24.9. The van der Waals surface area contributed by atoms with Gasteiger partial charge in [0, 0.05) is 29.0 Å². The van der Waals surface area contributed by atoms with E-state index in [0.717, 1.165) is 19.9 Å². The third-order valence-electron chi connectivity index (χ3n) is 6.83. The molecule has 0 saturated carbocycles. The number of carbonyl (C=O) groups excluding carboxylic acids is 2. The molecule has 2 amide bonds. The third kappa shape index (κ3) is 8.73. The van der Waals surface area contributed by atoms with E-state index in [1.807, 2.05) is 75.4 Å². The number of ether oxygens (including phenoxy) is 2. The summed E-state index contributed by atoms with van der Waals surface area (Å²) < 4.78 is 40.1. The van der Waals surface area contributed by atoms with Gasteiger partial charge in [-0.25, -0.2) is 8.42 Å². The summed E-state index contributed by atoms with van der Waals surface area (Å²) in [4.78, 5) is 29.7. The molecular weight excluding hydrogens is 634 g/mol. The molecule has 11 heteroatoms. The Morgan fingerprint density at radius 2 is 1.58 bits per heavy atom. The smallest absolute Gasteiger partial charge is 0.244 e. The molecule has 1 heterocycles. The Hall–Kier alpha value is -3.57. The van der Waals surface area contributed by atoms with Crippen LogP contribution in [0.25, 0.3) is 0 Å². The van der Waals surface area contributed by atoms with Crippen molar-refractivity contribution in [2.24, 2.45) is 0 Å². The normalized spacial score (nSPS) is 13.6. The minimum Gasteiger partial charge on any atom is -0.486 e. The highest BCUT2D eigenvalue weighted by atomic mass is 79.9. The first kappa shape index (κ1) is 32.3. The van der Waals surface area contributed by atoms with Gasteiger partial charge >= 0.3 is 0 Å². The minimum atomic E-state index is -3.90. The van der Waals surface area contributed by atoms with Crippen LogP contribution in [0, 0.1) is 0 Å². The van der Waals surface area contributed by atoms with E-state index < -0.39 is 34.1 Å². The predicted molar refractivity (Wildman–Crippen MR) is 171 cm³/mol. The van der Waals surface area contributed by atoms with Crippen molar-refractivity contribution in [3.05, 3.63) is 88.4 Å². The van der Waals surface area contributed by atoms with Crippen LogP contribution in [0.15, 0.2) is 77.3 Å². The maximum atomic E-state index is 14.3. The summed E-state index contributed by atoms with van der Waals surface area (Å²) >= 11 is 3.45. The van der Waals surface area contributed by atoms with Crippen LogP contribution < -0.4 is 19.1 Å². The molecule has 0 saturated heterocycles. The molecule has 9 nitrogen and oxygen atoms in total. The summed E-state index contributed by atoms with van der Waals surface area (Å²) in [5.74, 6) is -0.148. The SMILES string of the molecule is CCS(=O)(=O)N(CC(=O)N(Cc1ccc(Br)cc1)[C@@H](Cc1ccccc1)C(=O)NC(C)(C)C)c1ccc2c(c1)OCCO2. The van der Waals surface area contributed by atoms with Crippen LogP contribution in [0.2, 0.25) is 0 Å². The fourth-order valence-electron chi connectivity index (χ4n) is 4.70. The van der Waals surface area contributed by atoms with Crippen LogP contribution >= 0.6 is 15.9 Å². The van der Waals surface area contributed by atoms with Gasteiger partial charge in [-0.3, -0.25) is 13.9 Å². The predicted octanol–water partition coefficient (Wildman–Crippen LogP) is 4.93. The average molecular weight is 673 g/mol. The molecule has 0 radical (unpaired) electrons. The lowest BCUT2D eigenvalue weighted by molar-refractivity contribution is -0.140. The number of rotatable bonds is 11. The van der Waals surface area contributed by atoms with E-state index in [1.54, 1.807) is 18.2 Å². The van der Waals surface area contributed by atoms with Gasteiger partial charge in [0.25, 0.3) is 0 Å². The molecule has 0 fully saturated rings. The van der Waals surface area contributed by atoms with E-state index in [2.05, 4.69) is 21.2 Å². The van der Waals surface area contributed by atoms with Gasteiger partial charge in [-0.2, -0.15) is 0 Å². The van der Waals surface area contributed by atoms with E-state index in [4.69, 9.17) is 9.47 Å². The molecule has 1 aliphatic heterocycles. The van der Waals surface area contributed by atoms with Crippen molar-refractivity contribution in [1.29, 1.82) is 0 Å². The summed E-state index contributed by atoms with van der Waals surface area (Å²) in [5.41, 5.74) is 1.39. The highest BCUT2D eigenvalue weighted by Crippen LogP contribution is 2.35. The molecule has 43 heavy (non-hydrogen) atoms. The number of halogens is 1. The monoisotopic (exact) mass is 671 g/mol. The lowest BCUT2D eigenvalue weighted by Crippen LogP contribution is -2.56. The van der Waals surface area contributed by atoms with Crippen LogP contribution in [0.1, 0.15) is 38.8 Å². The maximum absolute atomic E-state index is 14.3. The standard InChI is InChI=1S/C32H38BrN3O6S/c1-5-43(39,40)36(26-15-16-28-29(20-26)42-18-17-41-28)22-30(37)35(21-24-11-13-25(33)14-12-24)27(31(38)34-32(2,3)4)19-23-9-7-6-8-10-23/h6-16,20,27H,5,17-19,21-22H2,1-4H3,(H,34,38)/t27-/m0/s1. The van der Waals surface area contributed by atoms with Crippen LogP contribution in [-0.2, 0) is 32.6 Å². The Kier molecular flexibility index (Phi) is 10.4. The number of fused-ring (bicyclic) bond motifs is 1. The van der Waals surface area contributed by atoms with Crippen molar-refractivity contribution < 1.29 is 27.5 Å². The molecular formula is C32H38BrN3O6S. The van der Waals surface area contributed by atoms with Crippen molar-refractivity contribution in [1.82, 2.24) is 10.2 Å². The van der Waals surface area contributed by atoms with E-state index in [0.29, 0.717) is 24.7 Å². The zero-order chi connectivity index (χ0) is 31.2. The van der Waals surface area contributed by atoms with Crippen molar-refractivity contribution in [2.45, 2.75) is 52.2 Å². The van der Waals surface area contributed by atoms with Gasteiger partial charge in [0.05, 0.1) is 11.4 Å². The van der Waals surface area contributed by atoms with Crippen LogP contribution in [0.4, 0.5) is 5.69 Å². The summed E-state index contributed by atoms with van der Waals surface area (Å²) in [6.45, 7) is 7.49. The number of anilines is 1. The number of benzene rings is 3. The highest BCUT2D eigenvalue weighted by Gasteiger charge is 2.35. The third-order valence-corrected chi connectivity index (χ3v) is 9.10. The number of hydrogen-bond acceptors (Lipinski definition) is 6. The Morgan fingerprint density at radius 1 is 0.930 bits per heavy atom. The fourth-order valence-corrected chi connectivity index (χ4v) is 6.02. The van der Waals surface area contributed by atoms with Crippen LogP contribution in [0.5, 0.6) is 11.5 Å². The highest BCUT2D eigenvalue weighted by molar-refractivity contribution is 9.10. The summed E-state index contributed by atoms with van der Waals surface area (Å²) in [7, 11) is -3.90. The molecule has 1 aliphatic rings. The van der Waals surface area contributed by atoms with Gasteiger partial charge in [0.15, 0.2) is 11.5 Å². The molecule has 0 aliphatic carbocycles. The van der Waals surface area contributed by atoms with E-state index >= 15 is 0 Å². The molecule has 3 aromatic carbocycles. The fraction of sp³-hybridized carbons (Fsp3) is 0.375. The average Bonchev–Trinajstić information content (AvgIpc) is 2.97. The van der Waals surface area contributed by atoms with Gasteiger partial charge in [-0.15, -0.1) is 0 Å². The Labute approximate surface area is 262 Å². The molecule has 4 rings (SSSR count). The second-order valence-electron chi connectivity index (χ2n) is 11.3. The summed E-state index contributed by atoms with van der Waals surface area (Å²) in [6.07, 6.45) is 0.246. The van der Waals surface area contributed by atoms with E-state index in [-0.39, 0.29) is 30.3 Å². The second kappa shape index (κ2) is 13.8. The molecule has 0 unspecified atom stereocenters. The Balaban J connectivity index is 1.76. The van der Waals surface area contributed by atoms with Crippen molar-refractivity contribution in [3.8, 4) is 11.5 Å². The van der Waals surface area contributed by atoms with Crippen molar-refractivity contribution >= 4 is 43.5 Å². The second-order valence-corrected chi connectivity index (χ2v) is 14.4. The number of hydrogen-bond donors (Lipinski definition) is 1. The number of sulfonamides is 1. The number of nitrogens with zero attached hydrogens (tertiary/aromatic N) is 2. The van der Waals surface area contributed by atoms with Gasteiger partial charge in [-0.05, 0) is 63.1 Å². The first-order valence-electron chi connectivity index (χ1n) is 14.2. The van der Waals surface area contributed by atoms with Gasteiger partial charge in [0.1, 0.15) is 25.8 Å². The molecule has 0 aromatic heterocycles. The summed E-state index contributed by atoms with van der Waals surface area (Å²) in [5, 5.41) is 3.03. The maximum Gasteiger partial charge on any atom is 0.244 e. The Morgan fingerprint density at radius 3 is 2.21 bits per heavy atom. The zero-order valence-corrected chi connectivity index (χ0v) is 27.3. The first-order valence-corrected chi connectivity index (χ1v) is 16.6. The van der Waals surface area contributed by atoms with Crippen molar-refractivity contribution in [2.75, 3.05) is 29.8 Å². The largest absolute Gasteiger partial charge is 0.486 e. The lowest BCUT2D eigenvalue weighted by atomic mass is 10.0. The van der Waals surface area contributed by atoms with Crippen LogP contribution in [-0.4, -0.2) is 62.2 Å².